The molecule has 8 heteroatoms. The summed E-state index contributed by atoms with van der Waals surface area (Å²) in [6, 6.07) is 11.3. The number of aryl methyl sites for hydroxylation is 1. The van der Waals surface area contributed by atoms with Crippen LogP contribution in [0.15, 0.2) is 42.5 Å². The molecule has 1 saturated heterocycles. The van der Waals surface area contributed by atoms with E-state index in [9.17, 15) is 19.7 Å². The third-order valence-electron chi connectivity index (χ3n) is 4.32. The van der Waals surface area contributed by atoms with Crippen LogP contribution in [-0.4, -0.2) is 23.3 Å². The second-order valence-corrected chi connectivity index (χ2v) is 6.51. The van der Waals surface area contributed by atoms with Gasteiger partial charge in [-0.05, 0) is 24.6 Å². The Morgan fingerprint density at radius 2 is 2.04 bits per heavy atom. The number of nitro groups is 1. The smallest absolute Gasteiger partial charge is 0.271 e. The van der Waals surface area contributed by atoms with Gasteiger partial charge in [0.05, 0.1) is 21.6 Å². The number of nitrogens with zero attached hydrogens (tertiary/aromatic N) is 2. The molecular weight excluding hydrogens is 358 g/mol. The number of halogens is 1. The van der Waals surface area contributed by atoms with Crippen LogP contribution < -0.4 is 10.2 Å². The number of rotatable bonds is 4. The highest BCUT2D eigenvalue weighted by Gasteiger charge is 2.35. The van der Waals surface area contributed by atoms with Crippen molar-refractivity contribution >= 4 is 40.5 Å². The summed E-state index contributed by atoms with van der Waals surface area (Å²) in [5.41, 5.74) is 1.88. The third-order valence-corrected chi connectivity index (χ3v) is 4.64. The maximum absolute atomic E-state index is 12.5. The van der Waals surface area contributed by atoms with Crippen LogP contribution in [0, 0.1) is 23.0 Å². The topological polar surface area (TPSA) is 92.6 Å². The first-order valence-electron chi connectivity index (χ1n) is 7.97. The molecule has 1 atom stereocenters. The highest BCUT2D eigenvalue weighted by Crippen LogP contribution is 2.30. The Hall–Kier alpha value is -2.93. The number of para-hydroxylation sites is 1. The number of hydrogen-bond acceptors (Lipinski definition) is 4. The summed E-state index contributed by atoms with van der Waals surface area (Å²) in [5.74, 6) is -0.979. The quantitative estimate of drug-likeness (QED) is 0.655. The Labute approximate surface area is 154 Å². The van der Waals surface area contributed by atoms with Crippen molar-refractivity contribution in [2.45, 2.75) is 13.3 Å². The molecule has 7 nitrogen and oxygen atoms in total. The van der Waals surface area contributed by atoms with E-state index in [1.807, 2.05) is 31.2 Å². The lowest BCUT2D eigenvalue weighted by Gasteiger charge is -2.19. The number of carbonyl (C=O) groups excluding carboxylic acids is 2. The molecule has 0 bridgehead atoms. The van der Waals surface area contributed by atoms with Crippen molar-refractivity contribution in [3.63, 3.8) is 0 Å². The van der Waals surface area contributed by atoms with Gasteiger partial charge in [-0.25, -0.2) is 0 Å². The van der Waals surface area contributed by atoms with Gasteiger partial charge in [-0.2, -0.15) is 0 Å². The molecule has 0 aliphatic carbocycles. The minimum atomic E-state index is -0.562. The van der Waals surface area contributed by atoms with E-state index in [-0.39, 0.29) is 41.2 Å². The number of hydrogen-bond donors (Lipinski definition) is 1. The number of anilines is 2. The molecule has 1 aliphatic heterocycles. The number of amides is 2. The number of non-ortho nitro benzene ring substituents is 1. The van der Waals surface area contributed by atoms with Gasteiger partial charge in [-0.15, -0.1) is 0 Å². The number of carbonyl (C=O) groups is 2. The van der Waals surface area contributed by atoms with Crippen molar-refractivity contribution in [1.29, 1.82) is 0 Å². The first kappa shape index (κ1) is 17.9. The molecule has 1 fully saturated rings. The van der Waals surface area contributed by atoms with Crippen LogP contribution in [0.25, 0.3) is 0 Å². The average Bonchev–Trinajstić information content (AvgIpc) is 2.98. The second kappa shape index (κ2) is 7.13. The summed E-state index contributed by atoms with van der Waals surface area (Å²) < 4.78 is 0. The Bertz CT molecular complexity index is 900. The molecule has 3 rings (SSSR count). The molecule has 26 heavy (non-hydrogen) atoms. The van der Waals surface area contributed by atoms with Crippen molar-refractivity contribution in [2.24, 2.45) is 5.92 Å². The van der Waals surface area contributed by atoms with Crippen molar-refractivity contribution in [1.82, 2.24) is 0 Å². The molecule has 0 spiro atoms. The first-order chi connectivity index (χ1) is 12.4. The molecule has 2 aromatic carbocycles. The molecule has 0 radical (unpaired) electrons. The number of nitro benzene ring substituents is 1. The van der Waals surface area contributed by atoms with Gasteiger partial charge in [0, 0.05) is 30.8 Å². The average molecular weight is 374 g/mol. The highest BCUT2D eigenvalue weighted by atomic mass is 35.5. The van der Waals surface area contributed by atoms with Crippen LogP contribution in [0.4, 0.5) is 17.1 Å². The largest absolute Gasteiger partial charge is 0.324 e. The van der Waals surface area contributed by atoms with E-state index in [0.29, 0.717) is 0 Å². The van der Waals surface area contributed by atoms with Gasteiger partial charge < -0.3 is 10.2 Å². The minimum Gasteiger partial charge on any atom is -0.324 e. The van der Waals surface area contributed by atoms with Crippen molar-refractivity contribution in [3.05, 3.63) is 63.2 Å². The predicted octanol–water partition coefficient (Wildman–Crippen LogP) is 3.55. The van der Waals surface area contributed by atoms with Crippen LogP contribution in [0.1, 0.15) is 12.0 Å². The molecule has 0 unspecified atom stereocenters. The van der Waals surface area contributed by atoms with Gasteiger partial charge in [0.25, 0.3) is 5.69 Å². The van der Waals surface area contributed by atoms with Gasteiger partial charge in [0.1, 0.15) is 0 Å². The van der Waals surface area contributed by atoms with Crippen molar-refractivity contribution < 1.29 is 14.5 Å². The van der Waals surface area contributed by atoms with E-state index >= 15 is 0 Å². The molecule has 2 aromatic rings. The van der Waals surface area contributed by atoms with E-state index in [4.69, 9.17) is 11.6 Å². The molecule has 1 N–H and O–H groups in total. The fraction of sp³-hybridized carbons (Fsp3) is 0.222. The molecule has 0 aromatic heterocycles. The minimum absolute atomic E-state index is 0.0765. The summed E-state index contributed by atoms with van der Waals surface area (Å²) in [6.07, 6.45) is 0.102. The van der Waals surface area contributed by atoms with Crippen molar-refractivity contribution in [2.75, 3.05) is 16.8 Å². The molecule has 1 heterocycles. The zero-order chi connectivity index (χ0) is 18.8. The van der Waals surface area contributed by atoms with Gasteiger partial charge >= 0.3 is 0 Å². The monoisotopic (exact) mass is 373 g/mol. The second-order valence-electron chi connectivity index (χ2n) is 6.10. The van der Waals surface area contributed by atoms with E-state index < -0.39 is 10.8 Å². The Kier molecular flexibility index (Phi) is 4.90. The molecule has 0 saturated carbocycles. The summed E-state index contributed by atoms with van der Waals surface area (Å²) in [7, 11) is 0. The molecular formula is C18H16ClN3O4. The first-order valence-corrected chi connectivity index (χ1v) is 8.35. The lowest BCUT2D eigenvalue weighted by atomic mass is 10.1. The summed E-state index contributed by atoms with van der Waals surface area (Å²) in [5, 5.41) is 13.5. The van der Waals surface area contributed by atoms with Gasteiger partial charge in [0.15, 0.2) is 0 Å². The SMILES string of the molecule is Cc1ccccc1N1C[C@H](C(=O)Nc2ccc([N+](=O)[O-])cc2Cl)CC1=O. The van der Waals surface area contributed by atoms with E-state index in [1.54, 1.807) is 4.90 Å². The molecule has 1 aliphatic rings. The fourth-order valence-corrected chi connectivity index (χ4v) is 3.16. The number of benzene rings is 2. The van der Waals surface area contributed by atoms with E-state index in [0.717, 1.165) is 11.3 Å². The predicted molar refractivity (Wildman–Crippen MR) is 98.4 cm³/mol. The fourth-order valence-electron chi connectivity index (χ4n) is 2.94. The van der Waals surface area contributed by atoms with Crippen LogP contribution in [-0.2, 0) is 9.59 Å². The normalized spacial score (nSPS) is 16.6. The maximum Gasteiger partial charge on any atom is 0.271 e. The highest BCUT2D eigenvalue weighted by molar-refractivity contribution is 6.34. The lowest BCUT2D eigenvalue weighted by molar-refractivity contribution is -0.384. The van der Waals surface area contributed by atoms with Gasteiger partial charge in [-0.3, -0.25) is 19.7 Å². The zero-order valence-electron chi connectivity index (χ0n) is 13.9. The number of nitrogens with one attached hydrogen (secondary N) is 1. The van der Waals surface area contributed by atoms with Crippen LogP contribution in [0.5, 0.6) is 0 Å². The van der Waals surface area contributed by atoms with Crippen LogP contribution in [0.3, 0.4) is 0 Å². The summed E-state index contributed by atoms with van der Waals surface area (Å²) in [6.45, 7) is 2.19. The standard InChI is InChI=1S/C18H16ClN3O4/c1-11-4-2-3-5-16(11)21-10-12(8-17(21)23)18(24)20-15-7-6-13(22(25)26)9-14(15)19/h2-7,9,12H,8,10H2,1H3,(H,20,24)/t12-/m1/s1. The molecule has 2 amide bonds. The van der Waals surface area contributed by atoms with Crippen LogP contribution >= 0.6 is 11.6 Å². The Morgan fingerprint density at radius 1 is 1.31 bits per heavy atom. The molecule has 134 valence electrons. The van der Waals surface area contributed by atoms with Gasteiger partial charge in [0.2, 0.25) is 11.8 Å². The van der Waals surface area contributed by atoms with E-state index in [2.05, 4.69) is 5.32 Å². The Balaban J connectivity index is 1.73. The summed E-state index contributed by atoms with van der Waals surface area (Å²) >= 11 is 6.00. The maximum atomic E-state index is 12.5. The van der Waals surface area contributed by atoms with E-state index in [1.165, 1.54) is 18.2 Å². The lowest BCUT2D eigenvalue weighted by Crippen LogP contribution is -2.28. The third kappa shape index (κ3) is 3.52. The zero-order valence-corrected chi connectivity index (χ0v) is 14.7. The van der Waals surface area contributed by atoms with Crippen LogP contribution in [0.2, 0.25) is 5.02 Å². The Morgan fingerprint density at radius 3 is 2.69 bits per heavy atom. The van der Waals surface area contributed by atoms with Crippen molar-refractivity contribution in [3.8, 4) is 0 Å². The van der Waals surface area contributed by atoms with Gasteiger partial charge in [-0.1, -0.05) is 29.8 Å². The summed E-state index contributed by atoms with van der Waals surface area (Å²) in [4.78, 5) is 36.6.